The lowest BCUT2D eigenvalue weighted by Crippen LogP contribution is -2.45. The zero-order valence-corrected chi connectivity index (χ0v) is 10.3. The molecule has 0 radical (unpaired) electrons. The molecule has 4 heteroatoms. The number of methoxy groups -OCH3 is 1. The molecule has 1 amide bonds. The Morgan fingerprint density at radius 1 is 1.56 bits per heavy atom. The lowest BCUT2D eigenvalue weighted by molar-refractivity contribution is -0.140. The number of carbonyl (C=O) groups excluding carboxylic acids is 1. The van der Waals surface area contributed by atoms with Gasteiger partial charge < -0.3 is 9.64 Å². The minimum atomic E-state index is -0.767. The van der Waals surface area contributed by atoms with Crippen LogP contribution in [0.5, 0.6) is 0 Å². The number of amides is 1. The molecule has 16 heavy (non-hydrogen) atoms. The van der Waals surface area contributed by atoms with Crippen molar-refractivity contribution >= 4 is 5.91 Å². The average Bonchev–Trinajstić information content (AvgIpc) is 2.77. The normalized spacial score (nSPS) is 20.1. The second-order valence-corrected chi connectivity index (χ2v) is 4.62. The topological polar surface area (TPSA) is 53.3 Å². The Labute approximate surface area is 97.2 Å². The summed E-state index contributed by atoms with van der Waals surface area (Å²) in [5, 5.41) is 9.22. The van der Waals surface area contributed by atoms with Crippen molar-refractivity contribution in [2.75, 3.05) is 20.8 Å². The van der Waals surface area contributed by atoms with Crippen molar-refractivity contribution in [3.05, 3.63) is 0 Å². The third kappa shape index (κ3) is 2.35. The van der Waals surface area contributed by atoms with Crippen LogP contribution in [-0.2, 0) is 9.53 Å². The van der Waals surface area contributed by atoms with Crippen LogP contribution in [0.3, 0.4) is 0 Å². The highest BCUT2D eigenvalue weighted by Gasteiger charge is 2.43. The third-order valence-electron chi connectivity index (χ3n) is 3.47. The Hall–Kier alpha value is -1.08. The maximum Gasteiger partial charge on any atom is 0.243 e. The molecule has 0 N–H and O–H groups in total. The molecule has 1 saturated carbocycles. The number of likely N-dealkylation sites (N-methyl/N-ethyl adjacent to an activating group) is 1. The molecule has 1 rings (SSSR count). The van der Waals surface area contributed by atoms with Gasteiger partial charge in [-0.2, -0.15) is 5.26 Å². The molecule has 0 heterocycles. The van der Waals surface area contributed by atoms with Gasteiger partial charge in [-0.05, 0) is 19.8 Å². The molecule has 1 aliphatic carbocycles. The molecule has 0 saturated heterocycles. The molecule has 4 nitrogen and oxygen atoms in total. The van der Waals surface area contributed by atoms with Crippen molar-refractivity contribution in [3.63, 3.8) is 0 Å². The number of rotatable bonds is 4. The number of hydrogen-bond acceptors (Lipinski definition) is 3. The quantitative estimate of drug-likeness (QED) is 0.728. The molecule has 1 unspecified atom stereocenters. The monoisotopic (exact) mass is 224 g/mol. The molecule has 0 spiro atoms. The molecule has 1 atom stereocenters. The van der Waals surface area contributed by atoms with E-state index in [0.29, 0.717) is 19.4 Å². The third-order valence-corrected chi connectivity index (χ3v) is 3.47. The van der Waals surface area contributed by atoms with Crippen molar-refractivity contribution in [3.8, 4) is 6.07 Å². The van der Waals surface area contributed by atoms with E-state index in [2.05, 4.69) is 6.07 Å². The highest BCUT2D eigenvalue weighted by atomic mass is 16.5. The summed E-state index contributed by atoms with van der Waals surface area (Å²) < 4.78 is 5.03. The van der Waals surface area contributed by atoms with Gasteiger partial charge in [-0.3, -0.25) is 4.79 Å². The SMILES string of the molecule is COCC(C)N(C)C(=O)C1(C#N)CCCC1. The van der Waals surface area contributed by atoms with Gasteiger partial charge >= 0.3 is 0 Å². The zero-order chi connectivity index (χ0) is 12.2. The predicted octanol–water partition coefficient (Wildman–Crippen LogP) is 1.56. The predicted molar refractivity (Wildman–Crippen MR) is 60.6 cm³/mol. The summed E-state index contributed by atoms with van der Waals surface area (Å²) in [5.74, 6) is -0.0444. The van der Waals surface area contributed by atoms with Crippen LogP contribution >= 0.6 is 0 Å². The molecule has 90 valence electrons. The van der Waals surface area contributed by atoms with Crippen molar-refractivity contribution in [2.45, 2.75) is 38.6 Å². The molecule has 1 aliphatic rings. The minimum Gasteiger partial charge on any atom is -0.383 e. The fourth-order valence-electron chi connectivity index (χ4n) is 2.24. The van der Waals surface area contributed by atoms with Gasteiger partial charge in [-0.25, -0.2) is 0 Å². The fraction of sp³-hybridized carbons (Fsp3) is 0.833. The summed E-state index contributed by atoms with van der Waals surface area (Å²) in [6, 6.07) is 2.24. The lowest BCUT2D eigenvalue weighted by Gasteiger charge is -2.30. The largest absolute Gasteiger partial charge is 0.383 e. The van der Waals surface area contributed by atoms with Crippen molar-refractivity contribution in [2.24, 2.45) is 5.41 Å². The van der Waals surface area contributed by atoms with E-state index >= 15 is 0 Å². The zero-order valence-electron chi connectivity index (χ0n) is 10.3. The molecular formula is C12H20N2O2. The van der Waals surface area contributed by atoms with Crippen LogP contribution in [0.15, 0.2) is 0 Å². The maximum absolute atomic E-state index is 12.3. The van der Waals surface area contributed by atoms with E-state index < -0.39 is 5.41 Å². The van der Waals surface area contributed by atoms with Crippen LogP contribution in [0.25, 0.3) is 0 Å². The molecule has 0 aliphatic heterocycles. The van der Waals surface area contributed by atoms with Crippen LogP contribution in [0.1, 0.15) is 32.6 Å². The van der Waals surface area contributed by atoms with Gasteiger partial charge in [0.15, 0.2) is 0 Å². The molecular weight excluding hydrogens is 204 g/mol. The maximum atomic E-state index is 12.3. The molecule has 0 aromatic carbocycles. The first kappa shape index (κ1) is 13.0. The van der Waals surface area contributed by atoms with Crippen LogP contribution < -0.4 is 0 Å². The minimum absolute atomic E-state index is 0.0170. The fourth-order valence-corrected chi connectivity index (χ4v) is 2.24. The Kier molecular flexibility index (Phi) is 4.31. The lowest BCUT2D eigenvalue weighted by atomic mass is 9.86. The summed E-state index contributed by atoms with van der Waals surface area (Å²) in [5.41, 5.74) is -0.767. The standard InChI is InChI=1S/C12H20N2O2/c1-10(8-16-3)14(2)11(15)12(9-13)6-4-5-7-12/h10H,4-8H2,1-3H3. The average molecular weight is 224 g/mol. The Bertz CT molecular complexity index is 290. The summed E-state index contributed by atoms with van der Waals surface area (Å²) in [6.07, 6.45) is 3.36. The van der Waals surface area contributed by atoms with E-state index in [4.69, 9.17) is 4.74 Å². The van der Waals surface area contributed by atoms with Crippen LogP contribution in [0, 0.1) is 16.7 Å². The van der Waals surface area contributed by atoms with E-state index in [1.165, 1.54) is 0 Å². The number of ether oxygens (including phenoxy) is 1. The van der Waals surface area contributed by atoms with Crippen LogP contribution in [-0.4, -0.2) is 37.6 Å². The van der Waals surface area contributed by atoms with E-state index in [9.17, 15) is 10.1 Å². The first-order valence-electron chi connectivity index (χ1n) is 5.75. The summed E-state index contributed by atoms with van der Waals surface area (Å²) in [4.78, 5) is 13.9. The van der Waals surface area contributed by atoms with E-state index in [1.807, 2.05) is 6.92 Å². The second kappa shape index (κ2) is 5.31. The summed E-state index contributed by atoms with van der Waals surface area (Å²) in [6.45, 7) is 2.44. The van der Waals surface area contributed by atoms with Crippen LogP contribution in [0.4, 0.5) is 0 Å². The number of nitriles is 1. The first-order valence-corrected chi connectivity index (χ1v) is 5.75. The summed E-state index contributed by atoms with van der Waals surface area (Å²) in [7, 11) is 3.37. The van der Waals surface area contributed by atoms with Crippen molar-refractivity contribution < 1.29 is 9.53 Å². The Balaban J connectivity index is 2.72. The van der Waals surface area contributed by atoms with E-state index in [-0.39, 0.29) is 11.9 Å². The van der Waals surface area contributed by atoms with E-state index in [0.717, 1.165) is 12.8 Å². The number of hydrogen-bond donors (Lipinski definition) is 0. The number of carbonyl (C=O) groups is 1. The molecule has 0 bridgehead atoms. The highest BCUT2D eigenvalue weighted by Crippen LogP contribution is 2.39. The van der Waals surface area contributed by atoms with Crippen molar-refractivity contribution in [1.82, 2.24) is 4.90 Å². The van der Waals surface area contributed by atoms with Gasteiger partial charge in [0.25, 0.3) is 0 Å². The summed E-state index contributed by atoms with van der Waals surface area (Å²) >= 11 is 0. The molecule has 0 aromatic heterocycles. The van der Waals surface area contributed by atoms with Gasteiger partial charge in [0.05, 0.1) is 18.7 Å². The molecule has 1 fully saturated rings. The first-order chi connectivity index (χ1) is 7.57. The van der Waals surface area contributed by atoms with E-state index in [1.54, 1.807) is 19.1 Å². The Morgan fingerprint density at radius 3 is 2.56 bits per heavy atom. The van der Waals surface area contributed by atoms with Crippen molar-refractivity contribution in [1.29, 1.82) is 5.26 Å². The Morgan fingerprint density at radius 2 is 2.12 bits per heavy atom. The number of nitrogens with zero attached hydrogens (tertiary/aromatic N) is 2. The van der Waals surface area contributed by atoms with Gasteiger partial charge in [0.1, 0.15) is 5.41 Å². The van der Waals surface area contributed by atoms with Crippen LogP contribution in [0.2, 0.25) is 0 Å². The van der Waals surface area contributed by atoms with Gasteiger partial charge in [0, 0.05) is 14.2 Å². The smallest absolute Gasteiger partial charge is 0.243 e. The highest BCUT2D eigenvalue weighted by molar-refractivity contribution is 5.85. The second-order valence-electron chi connectivity index (χ2n) is 4.62. The van der Waals surface area contributed by atoms with Gasteiger partial charge in [-0.15, -0.1) is 0 Å². The molecule has 0 aromatic rings. The van der Waals surface area contributed by atoms with Gasteiger partial charge in [0.2, 0.25) is 5.91 Å². The van der Waals surface area contributed by atoms with Gasteiger partial charge in [-0.1, -0.05) is 12.8 Å².